The number of fused-ring (bicyclic) bond motifs is 3. The summed E-state index contributed by atoms with van der Waals surface area (Å²) in [6, 6.07) is 0. The topological polar surface area (TPSA) is 37.3 Å². The third-order valence-corrected chi connectivity index (χ3v) is 10.1. The van der Waals surface area contributed by atoms with Gasteiger partial charge in [0, 0.05) is 18.4 Å². The van der Waals surface area contributed by atoms with Crippen molar-refractivity contribution in [3.05, 3.63) is 12.2 Å². The molecule has 0 bridgehead atoms. The van der Waals surface area contributed by atoms with Crippen LogP contribution in [0.3, 0.4) is 0 Å². The van der Waals surface area contributed by atoms with Crippen LogP contribution in [0.4, 0.5) is 0 Å². The van der Waals surface area contributed by atoms with Gasteiger partial charge in [-0.15, -0.1) is 0 Å². The second kappa shape index (κ2) is 9.47. The molecule has 0 saturated heterocycles. The molecule has 1 unspecified atom stereocenters. The molecule has 2 nitrogen and oxygen atoms in total. The quantitative estimate of drug-likeness (QED) is 0.430. The van der Waals surface area contributed by atoms with E-state index < -0.39 is 0 Å². The monoisotopic (exact) mass is 416 g/mol. The summed E-state index contributed by atoms with van der Waals surface area (Å²) in [5.41, 5.74) is 0.241. The maximum Gasteiger partial charge on any atom is 0.139 e. The summed E-state index contributed by atoms with van der Waals surface area (Å²) in [6.07, 6.45) is 15.0. The van der Waals surface area contributed by atoms with Crippen molar-refractivity contribution in [2.75, 3.05) is 6.61 Å². The molecule has 3 aliphatic rings. The maximum absolute atomic E-state index is 13.0. The Hall–Kier alpha value is -0.630. The Kier molecular flexibility index (Phi) is 7.58. The highest BCUT2D eigenvalue weighted by molar-refractivity contribution is 5.85. The van der Waals surface area contributed by atoms with Crippen molar-refractivity contribution in [2.45, 2.75) is 99.3 Å². The molecule has 0 spiro atoms. The van der Waals surface area contributed by atoms with E-state index in [1.165, 1.54) is 32.1 Å². The second-order valence-corrected chi connectivity index (χ2v) is 11.9. The number of ketones is 1. The average Bonchev–Trinajstić information content (AvgIpc) is 3.06. The molecular formula is C28H48O2. The molecular weight excluding hydrogens is 368 g/mol. The molecule has 1 N–H and O–H groups in total. The minimum absolute atomic E-state index is 0.192. The van der Waals surface area contributed by atoms with Gasteiger partial charge in [-0.3, -0.25) is 4.79 Å². The number of aliphatic hydroxyl groups excluding tert-OH is 1. The Morgan fingerprint density at radius 2 is 1.80 bits per heavy atom. The summed E-state index contributed by atoms with van der Waals surface area (Å²) in [5, 5.41) is 9.40. The van der Waals surface area contributed by atoms with Crippen LogP contribution in [0.2, 0.25) is 0 Å². The van der Waals surface area contributed by atoms with Gasteiger partial charge in [-0.2, -0.15) is 0 Å². The number of Topliss-reactive ketones (excluding diaryl/α,β-unsaturated/α-hetero) is 1. The van der Waals surface area contributed by atoms with Crippen LogP contribution < -0.4 is 0 Å². The number of carbonyl (C=O) groups excluding carboxylic acids is 1. The highest BCUT2D eigenvalue weighted by Crippen LogP contribution is 2.65. The van der Waals surface area contributed by atoms with Crippen molar-refractivity contribution < 1.29 is 9.90 Å². The Bertz CT molecular complexity index is 622. The number of hydrogen-bond acceptors (Lipinski definition) is 2. The Labute approximate surface area is 186 Å². The first kappa shape index (κ1) is 24.0. The Morgan fingerprint density at radius 1 is 1.07 bits per heavy atom. The molecule has 0 aromatic carbocycles. The summed E-state index contributed by atoms with van der Waals surface area (Å²) >= 11 is 0. The van der Waals surface area contributed by atoms with E-state index in [1.54, 1.807) is 0 Å². The van der Waals surface area contributed by atoms with Crippen LogP contribution in [-0.4, -0.2) is 17.5 Å². The first-order chi connectivity index (χ1) is 14.2. The van der Waals surface area contributed by atoms with Crippen LogP contribution in [0.5, 0.6) is 0 Å². The fourth-order valence-electron chi connectivity index (χ4n) is 8.23. The predicted molar refractivity (Wildman–Crippen MR) is 126 cm³/mol. The Balaban J connectivity index is 1.77. The number of hydrogen-bond donors (Lipinski definition) is 1. The molecule has 3 saturated carbocycles. The van der Waals surface area contributed by atoms with Gasteiger partial charge in [0.15, 0.2) is 0 Å². The van der Waals surface area contributed by atoms with Crippen molar-refractivity contribution in [1.82, 2.24) is 0 Å². The molecule has 0 radical (unpaired) electrons. The van der Waals surface area contributed by atoms with E-state index in [-0.39, 0.29) is 12.0 Å². The van der Waals surface area contributed by atoms with E-state index in [4.69, 9.17) is 0 Å². The molecule has 0 aromatic heterocycles. The van der Waals surface area contributed by atoms with E-state index in [0.717, 1.165) is 43.4 Å². The molecule has 2 heteroatoms. The minimum atomic E-state index is -0.192. The fraction of sp³-hybridized carbons (Fsp3) is 0.893. The van der Waals surface area contributed by atoms with Crippen LogP contribution in [0.25, 0.3) is 0 Å². The molecule has 0 aromatic rings. The largest absolute Gasteiger partial charge is 0.396 e. The van der Waals surface area contributed by atoms with E-state index in [2.05, 4.69) is 53.7 Å². The van der Waals surface area contributed by atoms with Crippen molar-refractivity contribution in [2.24, 2.45) is 52.3 Å². The highest BCUT2D eigenvalue weighted by Gasteiger charge is 2.59. The van der Waals surface area contributed by atoms with E-state index >= 15 is 0 Å². The standard InChI is InChI=1S/C28H48O2/c1-7-21(19(2)3)10-9-20(4)23-12-13-24-22-11-14-26(30)28(6,16-8-18-29)25(22)15-17-27(23,24)5/h9-10,19-25,29H,7-8,11-18H2,1-6H3/t20-,21?,22+,23-,24+,25+,27-,28-/m1/s1. The van der Waals surface area contributed by atoms with E-state index in [1.807, 2.05) is 0 Å². The van der Waals surface area contributed by atoms with Gasteiger partial charge in [0.25, 0.3) is 0 Å². The Morgan fingerprint density at radius 3 is 2.43 bits per heavy atom. The lowest BCUT2D eigenvalue weighted by atomic mass is 9.48. The summed E-state index contributed by atoms with van der Waals surface area (Å²) in [7, 11) is 0. The van der Waals surface area contributed by atoms with Crippen LogP contribution in [0.1, 0.15) is 99.3 Å². The van der Waals surface area contributed by atoms with Crippen LogP contribution in [-0.2, 0) is 4.79 Å². The van der Waals surface area contributed by atoms with Crippen LogP contribution >= 0.6 is 0 Å². The molecule has 0 aliphatic heterocycles. The summed E-state index contributed by atoms with van der Waals surface area (Å²) < 4.78 is 0. The lowest BCUT2D eigenvalue weighted by Crippen LogP contribution is -2.52. The van der Waals surface area contributed by atoms with Gasteiger partial charge < -0.3 is 5.11 Å². The van der Waals surface area contributed by atoms with E-state index in [0.29, 0.717) is 34.9 Å². The SMILES string of the molecule is CCC(C=C[C@@H](C)[C@H]1CC[C@H]2[C@@H]3CCC(=O)[C@](C)(CCCO)[C@H]3CC[C@]12C)C(C)C. The number of allylic oxidation sites excluding steroid dienone is 2. The first-order valence-corrected chi connectivity index (χ1v) is 13.0. The number of aliphatic hydroxyl groups is 1. The van der Waals surface area contributed by atoms with Crippen molar-refractivity contribution in [3.8, 4) is 0 Å². The number of rotatable bonds is 8. The molecule has 3 fully saturated rings. The van der Waals surface area contributed by atoms with Crippen LogP contribution in [0, 0.1) is 52.3 Å². The molecule has 3 aliphatic carbocycles. The van der Waals surface area contributed by atoms with Gasteiger partial charge in [-0.05, 0) is 98.2 Å². The van der Waals surface area contributed by atoms with Gasteiger partial charge in [0.05, 0.1) is 0 Å². The molecule has 172 valence electrons. The van der Waals surface area contributed by atoms with Crippen LogP contribution in [0.15, 0.2) is 12.2 Å². The predicted octanol–water partition coefficient (Wildman–Crippen LogP) is 7.06. The maximum atomic E-state index is 13.0. The normalized spacial score (nSPS) is 41.1. The molecule has 8 atom stereocenters. The zero-order valence-electron chi connectivity index (χ0n) is 20.6. The molecule has 30 heavy (non-hydrogen) atoms. The van der Waals surface area contributed by atoms with E-state index in [9.17, 15) is 9.90 Å². The van der Waals surface area contributed by atoms with Gasteiger partial charge in [0.1, 0.15) is 5.78 Å². The molecule has 3 rings (SSSR count). The van der Waals surface area contributed by atoms with Gasteiger partial charge in [0.2, 0.25) is 0 Å². The summed E-state index contributed by atoms with van der Waals surface area (Å²) in [5.74, 6) is 5.36. The van der Waals surface area contributed by atoms with Crippen molar-refractivity contribution in [3.63, 3.8) is 0 Å². The first-order valence-electron chi connectivity index (χ1n) is 13.0. The zero-order chi connectivity index (χ0) is 22.1. The third kappa shape index (κ3) is 4.19. The number of carbonyl (C=O) groups is 1. The van der Waals surface area contributed by atoms with Crippen molar-refractivity contribution in [1.29, 1.82) is 0 Å². The second-order valence-electron chi connectivity index (χ2n) is 11.9. The van der Waals surface area contributed by atoms with Crippen molar-refractivity contribution >= 4 is 5.78 Å². The average molecular weight is 417 g/mol. The fourth-order valence-corrected chi connectivity index (χ4v) is 8.23. The van der Waals surface area contributed by atoms with Gasteiger partial charge >= 0.3 is 0 Å². The molecule has 0 heterocycles. The smallest absolute Gasteiger partial charge is 0.139 e. The van der Waals surface area contributed by atoms with Gasteiger partial charge in [-0.25, -0.2) is 0 Å². The lowest BCUT2D eigenvalue weighted by Gasteiger charge is -2.56. The molecule has 0 amide bonds. The third-order valence-electron chi connectivity index (χ3n) is 10.1. The highest BCUT2D eigenvalue weighted by atomic mass is 16.3. The summed E-state index contributed by atoms with van der Waals surface area (Å²) in [6.45, 7) is 14.5. The lowest BCUT2D eigenvalue weighted by molar-refractivity contribution is -0.146. The van der Waals surface area contributed by atoms with Gasteiger partial charge in [-0.1, -0.05) is 53.7 Å². The summed E-state index contributed by atoms with van der Waals surface area (Å²) in [4.78, 5) is 13.0. The zero-order valence-corrected chi connectivity index (χ0v) is 20.6. The minimum Gasteiger partial charge on any atom is -0.396 e.